The second-order valence-corrected chi connectivity index (χ2v) is 8.06. The van der Waals surface area contributed by atoms with Gasteiger partial charge >= 0.3 is 0 Å². The van der Waals surface area contributed by atoms with Crippen LogP contribution in [-0.2, 0) is 11.3 Å². The number of nitrogens with two attached hydrogens (primary N) is 1. The van der Waals surface area contributed by atoms with Crippen LogP contribution in [0.5, 0.6) is 0 Å². The molecule has 0 saturated carbocycles. The van der Waals surface area contributed by atoms with Crippen LogP contribution in [0.1, 0.15) is 54.2 Å². The fourth-order valence-corrected chi connectivity index (χ4v) is 4.50. The van der Waals surface area contributed by atoms with Crippen molar-refractivity contribution in [2.75, 3.05) is 31.1 Å². The largest absolute Gasteiger partial charge is 0.372 e. The Morgan fingerprint density at radius 2 is 1.79 bits per heavy atom. The first-order chi connectivity index (χ1) is 14.1. The number of nitrogens with zero attached hydrogens (tertiary/aromatic N) is 4. The number of hydrogen-bond acceptors (Lipinski definition) is 4. The molecule has 4 rings (SSSR count). The first-order valence-electron chi connectivity index (χ1n) is 10.6. The molecule has 1 aromatic carbocycles. The number of carbonyl (C=O) groups excluding carboxylic acids is 2. The molecule has 1 atom stereocenters. The normalized spacial score (nSPS) is 19.9. The summed E-state index contributed by atoms with van der Waals surface area (Å²) in [5, 5.41) is 0. The molecule has 0 unspecified atom stereocenters. The molecule has 0 radical (unpaired) electrons. The Bertz CT molecular complexity index is 854. The van der Waals surface area contributed by atoms with Crippen LogP contribution in [0.3, 0.4) is 0 Å². The summed E-state index contributed by atoms with van der Waals surface area (Å²) in [7, 11) is 0. The van der Waals surface area contributed by atoms with Crippen LogP contribution in [-0.4, -0.2) is 52.4 Å². The van der Waals surface area contributed by atoms with Gasteiger partial charge in [-0.05, 0) is 56.4 Å². The summed E-state index contributed by atoms with van der Waals surface area (Å²) in [6, 6.07) is 8.03. The van der Waals surface area contributed by atoms with E-state index in [2.05, 4.69) is 22.0 Å². The highest BCUT2D eigenvalue weighted by atomic mass is 16.2. The van der Waals surface area contributed by atoms with Crippen LogP contribution in [0, 0.1) is 0 Å². The molecule has 7 heteroatoms. The molecule has 2 N–H and O–H groups in total. The third-order valence-corrected chi connectivity index (χ3v) is 5.98. The molecule has 3 heterocycles. The number of likely N-dealkylation sites (tertiary alicyclic amines) is 1. The van der Waals surface area contributed by atoms with E-state index in [1.165, 1.54) is 24.9 Å². The number of imidazole rings is 1. The molecule has 0 spiro atoms. The van der Waals surface area contributed by atoms with Crippen molar-refractivity contribution in [3.05, 3.63) is 48.0 Å². The Labute approximate surface area is 171 Å². The van der Waals surface area contributed by atoms with Gasteiger partial charge in [0.2, 0.25) is 5.91 Å². The lowest BCUT2D eigenvalue weighted by Crippen LogP contribution is -2.40. The second-order valence-electron chi connectivity index (χ2n) is 8.06. The third-order valence-electron chi connectivity index (χ3n) is 5.98. The fraction of sp³-hybridized carbons (Fsp3) is 0.500. The van der Waals surface area contributed by atoms with Crippen molar-refractivity contribution in [1.82, 2.24) is 14.5 Å². The Morgan fingerprint density at radius 3 is 2.52 bits per heavy atom. The van der Waals surface area contributed by atoms with Crippen molar-refractivity contribution in [2.45, 2.75) is 44.6 Å². The summed E-state index contributed by atoms with van der Waals surface area (Å²) in [6.45, 7) is 3.68. The summed E-state index contributed by atoms with van der Waals surface area (Å²) in [4.78, 5) is 33.1. The maximum atomic E-state index is 13.1. The summed E-state index contributed by atoms with van der Waals surface area (Å²) in [6.07, 6.45) is 9.13. The van der Waals surface area contributed by atoms with E-state index in [0.717, 1.165) is 43.9 Å². The molecule has 2 aliphatic rings. The van der Waals surface area contributed by atoms with Crippen LogP contribution in [0.2, 0.25) is 0 Å². The predicted octanol–water partition coefficient (Wildman–Crippen LogP) is 2.38. The van der Waals surface area contributed by atoms with E-state index >= 15 is 0 Å². The molecule has 2 aliphatic heterocycles. The Kier molecular flexibility index (Phi) is 5.83. The lowest BCUT2D eigenvalue weighted by Gasteiger charge is -2.33. The van der Waals surface area contributed by atoms with Crippen LogP contribution in [0.15, 0.2) is 36.7 Å². The maximum Gasteiger partial charge on any atom is 0.253 e. The fourth-order valence-electron chi connectivity index (χ4n) is 4.50. The van der Waals surface area contributed by atoms with Gasteiger partial charge in [-0.2, -0.15) is 0 Å². The first kappa shape index (κ1) is 19.5. The van der Waals surface area contributed by atoms with Gasteiger partial charge in [-0.1, -0.05) is 0 Å². The van der Waals surface area contributed by atoms with Crippen LogP contribution >= 0.6 is 0 Å². The van der Waals surface area contributed by atoms with Gasteiger partial charge in [0.15, 0.2) is 0 Å². The topological polar surface area (TPSA) is 84.5 Å². The molecule has 0 bridgehead atoms. The average molecular weight is 396 g/mol. The van der Waals surface area contributed by atoms with Gasteiger partial charge in [0.05, 0.1) is 0 Å². The SMILES string of the molecule is NC(=O)Cn1ccnc1[C@H]1CCCN(C(=O)c2ccc(N3CCCCC3)cc2)C1. The standard InChI is InChI=1S/C22H29N5O2/c23-20(28)16-26-14-10-24-21(26)18-5-4-13-27(15-18)22(29)17-6-8-19(9-7-17)25-11-2-1-3-12-25/h6-10,14,18H,1-5,11-13,15-16H2,(H2,23,28)/t18-/m0/s1. The zero-order valence-corrected chi connectivity index (χ0v) is 16.8. The zero-order valence-electron chi connectivity index (χ0n) is 16.8. The van der Waals surface area contributed by atoms with Gasteiger partial charge in [-0.3, -0.25) is 9.59 Å². The number of piperidine rings is 2. The minimum absolute atomic E-state index is 0.0629. The number of anilines is 1. The Morgan fingerprint density at radius 1 is 1.03 bits per heavy atom. The number of amides is 2. The van der Waals surface area contributed by atoms with E-state index in [0.29, 0.717) is 6.54 Å². The van der Waals surface area contributed by atoms with E-state index in [1.54, 1.807) is 17.0 Å². The van der Waals surface area contributed by atoms with E-state index < -0.39 is 0 Å². The quantitative estimate of drug-likeness (QED) is 0.842. The van der Waals surface area contributed by atoms with Gasteiger partial charge in [-0.15, -0.1) is 0 Å². The molecular formula is C22H29N5O2. The molecule has 2 amide bonds. The van der Waals surface area contributed by atoms with E-state index in [-0.39, 0.29) is 24.3 Å². The van der Waals surface area contributed by atoms with Crippen LogP contribution in [0.25, 0.3) is 0 Å². The van der Waals surface area contributed by atoms with Gasteiger partial charge in [0, 0.05) is 55.7 Å². The smallest absolute Gasteiger partial charge is 0.253 e. The maximum absolute atomic E-state index is 13.1. The molecule has 154 valence electrons. The van der Waals surface area contributed by atoms with Crippen LogP contribution < -0.4 is 10.6 Å². The molecule has 0 aliphatic carbocycles. The lowest BCUT2D eigenvalue weighted by atomic mass is 9.96. The van der Waals surface area contributed by atoms with Gasteiger partial charge in [0.1, 0.15) is 12.4 Å². The number of carbonyl (C=O) groups is 2. The molecule has 1 aromatic heterocycles. The minimum Gasteiger partial charge on any atom is -0.372 e. The van der Waals surface area contributed by atoms with Gasteiger partial charge < -0.3 is 20.1 Å². The molecule has 2 fully saturated rings. The van der Waals surface area contributed by atoms with Crippen molar-refractivity contribution in [2.24, 2.45) is 5.73 Å². The summed E-state index contributed by atoms with van der Waals surface area (Å²) < 4.78 is 1.80. The van der Waals surface area contributed by atoms with Gasteiger partial charge in [-0.25, -0.2) is 4.98 Å². The van der Waals surface area contributed by atoms with Crippen molar-refractivity contribution in [1.29, 1.82) is 0 Å². The number of aromatic nitrogens is 2. The molecule has 29 heavy (non-hydrogen) atoms. The summed E-state index contributed by atoms with van der Waals surface area (Å²) in [5.74, 6) is 0.631. The Balaban J connectivity index is 1.43. The monoisotopic (exact) mass is 395 g/mol. The number of benzene rings is 1. The summed E-state index contributed by atoms with van der Waals surface area (Å²) >= 11 is 0. The predicted molar refractivity (Wildman–Crippen MR) is 112 cm³/mol. The lowest BCUT2D eigenvalue weighted by molar-refractivity contribution is -0.118. The number of hydrogen-bond donors (Lipinski definition) is 1. The minimum atomic E-state index is -0.387. The zero-order chi connectivity index (χ0) is 20.2. The van der Waals surface area contributed by atoms with Crippen molar-refractivity contribution < 1.29 is 9.59 Å². The summed E-state index contributed by atoms with van der Waals surface area (Å²) in [5.41, 5.74) is 7.27. The molecule has 2 aromatic rings. The molecule has 7 nitrogen and oxygen atoms in total. The van der Waals surface area contributed by atoms with E-state index in [4.69, 9.17) is 5.73 Å². The van der Waals surface area contributed by atoms with E-state index in [1.807, 2.05) is 17.0 Å². The molecular weight excluding hydrogens is 366 g/mol. The average Bonchev–Trinajstić information content (AvgIpc) is 3.21. The first-order valence-corrected chi connectivity index (χ1v) is 10.6. The molecule has 2 saturated heterocycles. The number of rotatable bonds is 5. The highest BCUT2D eigenvalue weighted by molar-refractivity contribution is 5.94. The van der Waals surface area contributed by atoms with Crippen molar-refractivity contribution >= 4 is 17.5 Å². The highest BCUT2D eigenvalue weighted by Gasteiger charge is 2.28. The third kappa shape index (κ3) is 4.44. The van der Waals surface area contributed by atoms with Crippen molar-refractivity contribution in [3.8, 4) is 0 Å². The van der Waals surface area contributed by atoms with Crippen LogP contribution in [0.4, 0.5) is 5.69 Å². The van der Waals surface area contributed by atoms with Gasteiger partial charge in [0.25, 0.3) is 5.91 Å². The second kappa shape index (κ2) is 8.68. The van der Waals surface area contributed by atoms with Crippen molar-refractivity contribution in [3.63, 3.8) is 0 Å². The highest BCUT2D eigenvalue weighted by Crippen LogP contribution is 2.27. The van der Waals surface area contributed by atoms with E-state index in [9.17, 15) is 9.59 Å². The Hall–Kier alpha value is -2.83. The number of primary amides is 1.